The zero-order chi connectivity index (χ0) is 17.5. The van der Waals surface area contributed by atoms with Gasteiger partial charge in [-0.15, -0.1) is 0 Å². The summed E-state index contributed by atoms with van der Waals surface area (Å²) < 4.78 is 24.7. The fourth-order valence-corrected chi connectivity index (χ4v) is 4.23. The minimum absolute atomic E-state index is 0.0297. The van der Waals surface area contributed by atoms with Crippen LogP contribution < -0.4 is 0 Å². The van der Waals surface area contributed by atoms with Crippen molar-refractivity contribution < 1.29 is 18.1 Å². The van der Waals surface area contributed by atoms with Crippen LogP contribution in [0.25, 0.3) is 6.08 Å². The van der Waals surface area contributed by atoms with Crippen molar-refractivity contribution in [2.75, 3.05) is 5.75 Å². The number of Topliss-reactive ketones (excluding diaryl/α,β-unsaturated/α-hetero) is 1. The summed E-state index contributed by atoms with van der Waals surface area (Å²) in [6, 6.07) is 10.6. The molecule has 0 aromatic heterocycles. The van der Waals surface area contributed by atoms with Crippen LogP contribution in [0.2, 0.25) is 0 Å². The molecule has 0 unspecified atom stereocenters. The number of fused-ring (bicyclic) bond motifs is 1. The normalized spacial score (nSPS) is 17.5. The average molecular weight is 343 g/mol. The third kappa shape index (κ3) is 2.74. The first-order valence-corrected chi connectivity index (χ1v) is 8.77. The van der Waals surface area contributed by atoms with Crippen LogP contribution in [0.3, 0.4) is 0 Å². The van der Waals surface area contributed by atoms with Crippen molar-refractivity contribution in [3.63, 3.8) is 0 Å². The second-order valence-corrected chi connectivity index (χ2v) is 7.51. The number of hydrogen-bond donors (Lipinski definition) is 0. The predicted octanol–water partition coefficient (Wildman–Crippen LogP) is 2.96. The highest BCUT2D eigenvalue weighted by Gasteiger charge is 2.32. The van der Waals surface area contributed by atoms with E-state index in [9.17, 15) is 23.3 Å². The smallest absolute Gasteiger partial charge is 0.272 e. The lowest BCUT2D eigenvalue weighted by Crippen LogP contribution is -2.24. The molecule has 0 fully saturated rings. The van der Waals surface area contributed by atoms with Crippen molar-refractivity contribution in [3.05, 3.63) is 74.8 Å². The monoisotopic (exact) mass is 343 g/mol. The van der Waals surface area contributed by atoms with E-state index in [4.69, 9.17) is 0 Å². The molecule has 7 heteroatoms. The summed E-state index contributed by atoms with van der Waals surface area (Å²) in [4.78, 5) is 23.1. The standard InChI is InChI=1S/C17H13NO5S/c1-11-6-7-12(9-15(11)18(20)21)8-13-10-24(22,23)16-5-3-2-4-14(16)17(13)19/h2-9H,10H2,1H3. The van der Waals surface area contributed by atoms with Crippen LogP contribution in [0.1, 0.15) is 21.5 Å². The highest BCUT2D eigenvalue weighted by Crippen LogP contribution is 2.29. The first kappa shape index (κ1) is 16.1. The van der Waals surface area contributed by atoms with Gasteiger partial charge in [-0.3, -0.25) is 14.9 Å². The van der Waals surface area contributed by atoms with E-state index in [1.54, 1.807) is 31.2 Å². The Balaban J connectivity index is 2.11. The van der Waals surface area contributed by atoms with E-state index in [2.05, 4.69) is 0 Å². The third-order valence-electron chi connectivity index (χ3n) is 3.87. The molecule has 0 radical (unpaired) electrons. The number of aryl methyl sites for hydroxylation is 1. The Bertz CT molecular complexity index is 1010. The van der Waals surface area contributed by atoms with Crippen molar-refractivity contribution in [1.82, 2.24) is 0 Å². The summed E-state index contributed by atoms with van der Waals surface area (Å²) in [6.07, 6.45) is 1.41. The van der Waals surface area contributed by atoms with Gasteiger partial charge in [0.15, 0.2) is 15.6 Å². The first-order valence-electron chi connectivity index (χ1n) is 7.12. The number of carbonyl (C=O) groups is 1. The lowest BCUT2D eigenvalue weighted by Gasteiger charge is -2.17. The van der Waals surface area contributed by atoms with Gasteiger partial charge in [0, 0.05) is 22.8 Å². The van der Waals surface area contributed by atoms with Crippen molar-refractivity contribution in [2.45, 2.75) is 11.8 Å². The minimum atomic E-state index is -3.60. The van der Waals surface area contributed by atoms with Gasteiger partial charge in [0.05, 0.1) is 15.6 Å². The lowest BCUT2D eigenvalue weighted by atomic mass is 10.0. The number of nitrogens with zero attached hydrogens (tertiary/aromatic N) is 1. The van der Waals surface area contributed by atoms with E-state index in [1.807, 2.05) is 0 Å². The summed E-state index contributed by atoms with van der Waals surface area (Å²) in [5, 5.41) is 11.0. The molecule has 6 nitrogen and oxygen atoms in total. The Kier molecular flexibility index (Phi) is 3.81. The molecule has 0 aliphatic carbocycles. The topological polar surface area (TPSA) is 94.3 Å². The summed E-state index contributed by atoms with van der Waals surface area (Å²) in [6.45, 7) is 1.61. The van der Waals surface area contributed by atoms with E-state index >= 15 is 0 Å². The van der Waals surface area contributed by atoms with Crippen LogP contribution in [-0.4, -0.2) is 24.9 Å². The second kappa shape index (κ2) is 5.68. The molecule has 1 aliphatic heterocycles. The number of carbonyl (C=O) groups excluding carboxylic acids is 1. The Morgan fingerprint density at radius 1 is 1.17 bits per heavy atom. The largest absolute Gasteiger partial charge is 0.289 e. The SMILES string of the molecule is Cc1ccc(C=C2CS(=O)(=O)c3ccccc3C2=O)cc1[N+](=O)[O-]. The molecular formula is C17H13NO5S. The number of sulfone groups is 1. The van der Waals surface area contributed by atoms with Gasteiger partial charge >= 0.3 is 0 Å². The van der Waals surface area contributed by atoms with Gasteiger partial charge in [0.2, 0.25) is 0 Å². The number of ketones is 1. The second-order valence-electron chi connectivity index (χ2n) is 5.56. The Hall–Kier alpha value is -2.80. The number of nitro groups is 1. The molecule has 0 bridgehead atoms. The molecule has 1 aliphatic rings. The van der Waals surface area contributed by atoms with Gasteiger partial charge in [0.25, 0.3) is 5.69 Å². The Morgan fingerprint density at radius 2 is 1.88 bits per heavy atom. The van der Waals surface area contributed by atoms with Gasteiger partial charge in [-0.05, 0) is 30.7 Å². The molecule has 122 valence electrons. The van der Waals surface area contributed by atoms with E-state index in [1.165, 1.54) is 24.3 Å². The van der Waals surface area contributed by atoms with Gasteiger partial charge < -0.3 is 0 Å². The highest BCUT2D eigenvalue weighted by molar-refractivity contribution is 7.91. The van der Waals surface area contributed by atoms with Gasteiger partial charge in [0.1, 0.15) is 0 Å². The Morgan fingerprint density at radius 3 is 2.58 bits per heavy atom. The quantitative estimate of drug-likeness (QED) is 0.475. The Labute approximate surface area is 138 Å². The molecular weight excluding hydrogens is 330 g/mol. The maximum absolute atomic E-state index is 12.5. The van der Waals surface area contributed by atoms with Crippen LogP contribution in [0.5, 0.6) is 0 Å². The molecule has 0 N–H and O–H groups in total. The summed E-state index contributed by atoms with van der Waals surface area (Å²) in [7, 11) is -3.60. The number of nitro benzene ring substituents is 1. The van der Waals surface area contributed by atoms with Gasteiger partial charge in [-0.25, -0.2) is 8.42 Å². The molecule has 0 spiro atoms. The van der Waals surface area contributed by atoms with Crippen LogP contribution in [0.4, 0.5) is 5.69 Å². The summed E-state index contributed by atoms with van der Waals surface area (Å²) >= 11 is 0. The third-order valence-corrected chi connectivity index (χ3v) is 5.59. The minimum Gasteiger partial charge on any atom is -0.289 e. The molecule has 0 saturated carbocycles. The van der Waals surface area contributed by atoms with Crippen molar-refractivity contribution >= 4 is 27.4 Å². The maximum atomic E-state index is 12.5. The van der Waals surface area contributed by atoms with Gasteiger partial charge in [-0.2, -0.15) is 0 Å². The first-order chi connectivity index (χ1) is 11.3. The highest BCUT2D eigenvalue weighted by atomic mass is 32.2. The molecule has 0 amide bonds. The number of benzene rings is 2. The lowest BCUT2D eigenvalue weighted by molar-refractivity contribution is -0.385. The van der Waals surface area contributed by atoms with E-state index in [-0.39, 0.29) is 27.5 Å². The molecule has 0 atom stereocenters. The molecule has 3 rings (SSSR count). The van der Waals surface area contributed by atoms with Crippen molar-refractivity contribution in [1.29, 1.82) is 0 Å². The van der Waals surface area contributed by atoms with E-state index in [0.29, 0.717) is 11.1 Å². The number of hydrogen-bond acceptors (Lipinski definition) is 5. The summed E-state index contributed by atoms with van der Waals surface area (Å²) in [5.74, 6) is -0.784. The molecule has 1 heterocycles. The van der Waals surface area contributed by atoms with Crippen LogP contribution >= 0.6 is 0 Å². The van der Waals surface area contributed by atoms with Crippen molar-refractivity contribution in [2.24, 2.45) is 0 Å². The predicted molar refractivity (Wildman–Crippen MR) is 88.6 cm³/mol. The molecule has 24 heavy (non-hydrogen) atoms. The molecule has 2 aromatic carbocycles. The summed E-state index contributed by atoms with van der Waals surface area (Å²) in [5.41, 5.74) is 1.08. The average Bonchev–Trinajstić information content (AvgIpc) is 2.54. The van der Waals surface area contributed by atoms with Gasteiger partial charge in [-0.1, -0.05) is 24.3 Å². The van der Waals surface area contributed by atoms with Crippen molar-refractivity contribution in [3.8, 4) is 0 Å². The zero-order valence-electron chi connectivity index (χ0n) is 12.7. The fourth-order valence-electron chi connectivity index (χ4n) is 2.67. The molecule has 0 saturated heterocycles. The zero-order valence-corrected chi connectivity index (χ0v) is 13.5. The van der Waals surface area contributed by atoms with Crippen LogP contribution in [0, 0.1) is 17.0 Å². The maximum Gasteiger partial charge on any atom is 0.272 e. The van der Waals surface area contributed by atoms with E-state index < -0.39 is 20.5 Å². The van der Waals surface area contributed by atoms with E-state index in [0.717, 1.165) is 0 Å². The number of rotatable bonds is 2. The molecule has 2 aromatic rings. The van der Waals surface area contributed by atoms with Crippen LogP contribution in [-0.2, 0) is 9.84 Å². The fraction of sp³-hybridized carbons (Fsp3) is 0.118. The van der Waals surface area contributed by atoms with Crippen LogP contribution in [0.15, 0.2) is 52.9 Å².